The summed E-state index contributed by atoms with van der Waals surface area (Å²) in [6, 6.07) is 5.67. The van der Waals surface area contributed by atoms with Crippen molar-refractivity contribution in [1.29, 1.82) is 0 Å². The maximum atomic E-state index is 12.6. The molecule has 1 heterocycles. The third-order valence-electron chi connectivity index (χ3n) is 6.19. The van der Waals surface area contributed by atoms with Crippen LogP contribution >= 0.6 is 0 Å². The Morgan fingerprint density at radius 2 is 1.63 bits per heavy atom. The lowest BCUT2D eigenvalue weighted by molar-refractivity contribution is -0.127. The Morgan fingerprint density at radius 1 is 0.967 bits per heavy atom. The van der Waals surface area contributed by atoms with Gasteiger partial charge in [0.05, 0.1) is 20.8 Å². The van der Waals surface area contributed by atoms with Crippen LogP contribution in [0.2, 0.25) is 0 Å². The van der Waals surface area contributed by atoms with Crippen LogP contribution in [0.3, 0.4) is 0 Å². The predicted molar refractivity (Wildman–Crippen MR) is 117 cm³/mol. The van der Waals surface area contributed by atoms with E-state index < -0.39 is 0 Å². The largest absolute Gasteiger partial charge is 0.493 e. The first kappa shape index (κ1) is 22.4. The van der Waals surface area contributed by atoms with Gasteiger partial charge in [-0.25, -0.2) is 0 Å². The van der Waals surface area contributed by atoms with Gasteiger partial charge < -0.3 is 20.1 Å². The smallest absolute Gasteiger partial charge is 0.238 e. The van der Waals surface area contributed by atoms with Gasteiger partial charge in [-0.2, -0.15) is 0 Å². The molecule has 1 aliphatic carbocycles. The lowest BCUT2D eigenvalue weighted by Crippen LogP contribution is -2.45. The summed E-state index contributed by atoms with van der Waals surface area (Å²) in [5.41, 5.74) is 0.676. The Balaban J connectivity index is 1.41. The molecule has 0 spiro atoms. The second kappa shape index (κ2) is 11.2. The Bertz CT molecular complexity index is 708. The van der Waals surface area contributed by atoms with Gasteiger partial charge in [0.15, 0.2) is 11.5 Å². The molecule has 2 amide bonds. The first-order valence-electron chi connectivity index (χ1n) is 11.1. The molecule has 166 valence electrons. The number of nitrogens with one attached hydrogen (secondary N) is 2. The second-order valence-corrected chi connectivity index (χ2v) is 8.37. The first-order valence-corrected chi connectivity index (χ1v) is 11.1. The monoisotopic (exact) mass is 417 g/mol. The number of ether oxygens (including phenoxy) is 2. The zero-order valence-electron chi connectivity index (χ0n) is 18.2. The fourth-order valence-electron chi connectivity index (χ4n) is 4.41. The molecule has 1 aromatic rings. The fourth-order valence-corrected chi connectivity index (χ4v) is 4.41. The van der Waals surface area contributed by atoms with Crippen molar-refractivity contribution >= 4 is 17.5 Å². The van der Waals surface area contributed by atoms with Crippen LogP contribution in [0.1, 0.15) is 51.4 Å². The van der Waals surface area contributed by atoms with E-state index in [0.29, 0.717) is 29.8 Å². The highest BCUT2D eigenvalue weighted by Crippen LogP contribution is 2.29. The van der Waals surface area contributed by atoms with E-state index in [0.717, 1.165) is 38.8 Å². The van der Waals surface area contributed by atoms with E-state index in [-0.39, 0.29) is 17.7 Å². The lowest BCUT2D eigenvalue weighted by Gasteiger charge is -2.31. The molecule has 0 atom stereocenters. The topological polar surface area (TPSA) is 79.9 Å². The number of hydrogen-bond donors (Lipinski definition) is 2. The van der Waals surface area contributed by atoms with E-state index in [1.807, 2.05) is 0 Å². The van der Waals surface area contributed by atoms with Gasteiger partial charge in [0.2, 0.25) is 11.8 Å². The van der Waals surface area contributed by atoms with Crippen molar-refractivity contribution in [2.24, 2.45) is 5.92 Å². The number of amides is 2. The second-order valence-electron chi connectivity index (χ2n) is 8.37. The van der Waals surface area contributed by atoms with Crippen molar-refractivity contribution in [3.8, 4) is 11.5 Å². The number of methoxy groups -OCH3 is 2. The molecule has 0 radical (unpaired) electrons. The highest BCUT2D eigenvalue weighted by molar-refractivity contribution is 5.92. The summed E-state index contributed by atoms with van der Waals surface area (Å²) in [7, 11) is 3.15. The van der Waals surface area contributed by atoms with Crippen molar-refractivity contribution in [2.45, 2.75) is 57.4 Å². The van der Waals surface area contributed by atoms with Crippen molar-refractivity contribution < 1.29 is 19.1 Å². The van der Waals surface area contributed by atoms with Crippen LogP contribution in [-0.4, -0.2) is 56.6 Å². The van der Waals surface area contributed by atoms with Gasteiger partial charge in [0, 0.05) is 23.7 Å². The van der Waals surface area contributed by atoms with Crippen LogP contribution in [0.25, 0.3) is 0 Å². The molecule has 7 heteroatoms. The Kier molecular flexibility index (Phi) is 8.37. The van der Waals surface area contributed by atoms with Crippen LogP contribution < -0.4 is 20.1 Å². The van der Waals surface area contributed by atoms with Crippen molar-refractivity contribution in [1.82, 2.24) is 10.2 Å². The van der Waals surface area contributed by atoms with Crippen LogP contribution in [0.15, 0.2) is 18.2 Å². The molecule has 2 fully saturated rings. The van der Waals surface area contributed by atoms with Crippen molar-refractivity contribution in [3.05, 3.63) is 18.2 Å². The summed E-state index contributed by atoms with van der Waals surface area (Å²) < 4.78 is 10.5. The minimum absolute atomic E-state index is 0.0661. The van der Waals surface area contributed by atoms with Crippen molar-refractivity contribution in [2.75, 3.05) is 39.2 Å². The number of benzene rings is 1. The van der Waals surface area contributed by atoms with Gasteiger partial charge in [-0.1, -0.05) is 25.7 Å². The first-order chi connectivity index (χ1) is 14.6. The summed E-state index contributed by atoms with van der Waals surface area (Å²) in [4.78, 5) is 27.2. The Hall–Kier alpha value is -2.28. The number of carbonyl (C=O) groups excluding carboxylic acids is 2. The predicted octanol–water partition coefficient (Wildman–Crippen LogP) is 3.19. The van der Waals surface area contributed by atoms with Crippen LogP contribution in [0.5, 0.6) is 11.5 Å². The van der Waals surface area contributed by atoms with Gasteiger partial charge in [0.1, 0.15) is 0 Å². The highest BCUT2D eigenvalue weighted by atomic mass is 16.5. The third kappa shape index (κ3) is 6.36. The highest BCUT2D eigenvalue weighted by Gasteiger charge is 2.27. The molecule has 0 unspecified atom stereocenters. The van der Waals surface area contributed by atoms with Crippen molar-refractivity contribution in [3.63, 3.8) is 0 Å². The van der Waals surface area contributed by atoms with Gasteiger partial charge >= 0.3 is 0 Å². The van der Waals surface area contributed by atoms with E-state index in [9.17, 15) is 9.59 Å². The number of likely N-dealkylation sites (tertiary alicyclic amines) is 1. The molecular formula is C23H35N3O4. The van der Waals surface area contributed by atoms with Crippen LogP contribution in [0.4, 0.5) is 5.69 Å². The lowest BCUT2D eigenvalue weighted by atomic mass is 9.95. The SMILES string of the molecule is COc1ccc(NC(=O)CN2CCC(C(=O)NC3CCCCCC3)CC2)cc1OC. The van der Waals surface area contributed by atoms with Crippen LogP contribution in [0, 0.1) is 5.92 Å². The van der Waals surface area contributed by atoms with E-state index in [1.54, 1.807) is 32.4 Å². The normalized spacial score (nSPS) is 19.0. The minimum atomic E-state index is -0.0661. The molecule has 2 N–H and O–H groups in total. The number of carbonyl (C=O) groups is 2. The molecule has 1 aliphatic heterocycles. The average molecular weight is 418 g/mol. The number of nitrogens with zero attached hydrogens (tertiary/aromatic N) is 1. The fraction of sp³-hybridized carbons (Fsp3) is 0.652. The molecule has 30 heavy (non-hydrogen) atoms. The van der Waals surface area contributed by atoms with E-state index in [1.165, 1.54) is 25.7 Å². The van der Waals surface area contributed by atoms with E-state index >= 15 is 0 Å². The zero-order valence-corrected chi connectivity index (χ0v) is 18.2. The molecule has 0 aromatic heterocycles. The molecule has 7 nitrogen and oxygen atoms in total. The summed E-state index contributed by atoms with van der Waals surface area (Å²) in [6.07, 6.45) is 8.86. The molecule has 2 aliphatic rings. The van der Waals surface area contributed by atoms with E-state index in [2.05, 4.69) is 15.5 Å². The van der Waals surface area contributed by atoms with Gasteiger partial charge in [-0.05, 0) is 50.9 Å². The minimum Gasteiger partial charge on any atom is -0.493 e. The average Bonchev–Trinajstić information content (AvgIpc) is 3.02. The van der Waals surface area contributed by atoms with Crippen LogP contribution in [-0.2, 0) is 9.59 Å². The van der Waals surface area contributed by atoms with Gasteiger partial charge in [-0.15, -0.1) is 0 Å². The standard InChI is InChI=1S/C23H35N3O4/c1-29-20-10-9-19(15-21(20)30-2)24-22(27)16-26-13-11-17(12-14-26)23(28)25-18-7-5-3-4-6-8-18/h9-10,15,17-18H,3-8,11-14,16H2,1-2H3,(H,24,27)(H,25,28). The molecular weight excluding hydrogens is 382 g/mol. The number of piperidine rings is 1. The number of rotatable bonds is 7. The molecule has 1 saturated heterocycles. The Morgan fingerprint density at radius 3 is 2.27 bits per heavy atom. The zero-order chi connectivity index (χ0) is 21.3. The Labute approximate surface area is 179 Å². The summed E-state index contributed by atoms with van der Waals surface area (Å²) in [5, 5.41) is 6.19. The maximum Gasteiger partial charge on any atom is 0.238 e. The summed E-state index contributed by atoms with van der Waals surface area (Å²) >= 11 is 0. The maximum absolute atomic E-state index is 12.6. The molecule has 1 saturated carbocycles. The molecule has 1 aromatic carbocycles. The number of anilines is 1. The number of hydrogen-bond acceptors (Lipinski definition) is 5. The molecule has 3 rings (SSSR count). The third-order valence-corrected chi connectivity index (χ3v) is 6.19. The van der Waals surface area contributed by atoms with E-state index in [4.69, 9.17) is 9.47 Å². The van der Waals surface area contributed by atoms with Gasteiger partial charge in [-0.3, -0.25) is 14.5 Å². The molecule has 0 bridgehead atoms. The summed E-state index contributed by atoms with van der Waals surface area (Å²) in [6.45, 7) is 1.86. The van der Waals surface area contributed by atoms with Gasteiger partial charge in [0.25, 0.3) is 0 Å². The quantitative estimate of drug-likeness (QED) is 0.666. The summed E-state index contributed by atoms with van der Waals surface area (Å²) in [5.74, 6) is 1.41.